The van der Waals surface area contributed by atoms with E-state index in [0.717, 1.165) is 17.8 Å². The molecule has 1 saturated heterocycles. The number of ether oxygens (including phenoxy) is 2. The molecule has 2 rings (SSSR count). The zero-order valence-electron chi connectivity index (χ0n) is 13.9. The van der Waals surface area contributed by atoms with Crippen molar-refractivity contribution in [3.05, 3.63) is 29.8 Å². The summed E-state index contributed by atoms with van der Waals surface area (Å²) in [4.78, 5) is 13.9. The van der Waals surface area contributed by atoms with E-state index in [1.165, 1.54) is 0 Å². The first-order valence-corrected chi connectivity index (χ1v) is 7.82. The summed E-state index contributed by atoms with van der Waals surface area (Å²) in [6.07, 6.45) is -0.373. The smallest absolute Gasteiger partial charge is 0.410 e. The molecule has 0 spiro atoms. The van der Waals surface area contributed by atoms with Gasteiger partial charge in [-0.25, -0.2) is 4.79 Å². The van der Waals surface area contributed by atoms with E-state index >= 15 is 0 Å². The van der Waals surface area contributed by atoms with Gasteiger partial charge in [0.05, 0.1) is 13.2 Å². The van der Waals surface area contributed by atoms with Crippen molar-refractivity contribution in [1.82, 2.24) is 4.90 Å². The molecule has 5 nitrogen and oxygen atoms in total. The Morgan fingerprint density at radius 1 is 1.36 bits per heavy atom. The van der Waals surface area contributed by atoms with Crippen molar-refractivity contribution in [3.8, 4) is 0 Å². The standard InChI is InChI=1S/C17H26N2O3/c1-5-18-14-8-6-13(7-9-14)15-12-19(10-11-21-15)16(20)22-17(2,3)4/h6-9,15,18H,5,10-12H2,1-4H3/t15-/m1/s1. The maximum Gasteiger partial charge on any atom is 0.410 e. The monoisotopic (exact) mass is 306 g/mol. The van der Waals surface area contributed by atoms with E-state index in [1.807, 2.05) is 45.0 Å². The van der Waals surface area contributed by atoms with E-state index in [4.69, 9.17) is 9.47 Å². The molecule has 0 unspecified atom stereocenters. The number of rotatable bonds is 3. The minimum Gasteiger partial charge on any atom is -0.444 e. The van der Waals surface area contributed by atoms with Crippen molar-refractivity contribution in [1.29, 1.82) is 0 Å². The molecule has 1 aromatic rings. The van der Waals surface area contributed by atoms with Gasteiger partial charge in [-0.1, -0.05) is 12.1 Å². The average molecular weight is 306 g/mol. The van der Waals surface area contributed by atoms with Crippen LogP contribution in [0.25, 0.3) is 0 Å². The van der Waals surface area contributed by atoms with Gasteiger partial charge in [-0.05, 0) is 45.4 Å². The molecule has 1 atom stereocenters. The molecule has 0 radical (unpaired) electrons. The Morgan fingerprint density at radius 3 is 2.64 bits per heavy atom. The lowest BCUT2D eigenvalue weighted by atomic mass is 10.1. The van der Waals surface area contributed by atoms with Gasteiger partial charge < -0.3 is 19.7 Å². The Hall–Kier alpha value is -1.75. The van der Waals surface area contributed by atoms with Crippen LogP contribution < -0.4 is 5.32 Å². The van der Waals surface area contributed by atoms with Crippen LogP contribution in [0.15, 0.2) is 24.3 Å². The van der Waals surface area contributed by atoms with Crippen molar-refractivity contribution in [2.45, 2.75) is 39.4 Å². The highest BCUT2D eigenvalue weighted by Gasteiger charge is 2.28. The van der Waals surface area contributed by atoms with E-state index in [2.05, 4.69) is 12.2 Å². The molecule has 0 aliphatic carbocycles. The average Bonchev–Trinajstić information content (AvgIpc) is 2.47. The Labute approximate surface area is 132 Å². The minimum atomic E-state index is -0.474. The second-order valence-electron chi connectivity index (χ2n) is 6.44. The maximum atomic E-state index is 12.2. The van der Waals surface area contributed by atoms with Gasteiger partial charge in [-0.15, -0.1) is 0 Å². The second kappa shape index (κ2) is 7.01. The number of nitrogens with zero attached hydrogens (tertiary/aromatic N) is 1. The fourth-order valence-electron chi connectivity index (χ4n) is 2.36. The van der Waals surface area contributed by atoms with Crippen LogP contribution in [0.2, 0.25) is 0 Å². The van der Waals surface area contributed by atoms with E-state index in [9.17, 15) is 4.79 Å². The van der Waals surface area contributed by atoms with Gasteiger partial charge in [-0.3, -0.25) is 0 Å². The highest BCUT2D eigenvalue weighted by molar-refractivity contribution is 5.68. The summed E-state index contributed by atoms with van der Waals surface area (Å²) < 4.78 is 11.2. The van der Waals surface area contributed by atoms with Crippen molar-refractivity contribution >= 4 is 11.8 Å². The third-order valence-electron chi connectivity index (χ3n) is 3.38. The number of carbonyl (C=O) groups excluding carboxylic acids is 1. The molecule has 0 saturated carbocycles. The lowest BCUT2D eigenvalue weighted by Crippen LogP contribution is -2.44. The summed E-state index contributed by atoms with van der Waals surface area (Å²) in [6.45, 7) is 10.2. The van der Waals surface area contributed by atoms with Crippen LogP contribution in [0.4, 0.5) is 10.5 Å². The largest absolute Gasteiger partial charge is 0.444 e. The van der Waals surface area contributed by atoms with Crippen LogP contribution in [-0.2, 0) is 9.47 Å². The van der Waals surface area contributed by atoms with E-state index in [1.54, 1.807) is 4.90 Å². The summed E-state index contributed by atoms with van der Waals surface area (Å²) >= 11 is 0. The summed E-state index contributed by atoms with van der Waals surface area (Å²) in [6, 6.07) is 8.16. The van der Waals surface area contributed by atoms with Gasteiger partial charge in [0.25, 0.3) is 0 Å². The molecule has 1 heterocycles. The van der Waals surface area contributed by atoms with Gasteiger partial charge >= 0.3 is 6.09 Å². The van der Waals surface area contributed by atoms with Crippen LogP contribution >= 0.6 is 0 Å². The zero-order chi connectivity index (χ0) is 16.2. The molecule has 1 aliphatic heterocycles. The van der Waals surface area contributed by atoms with Gasteiger partial charge in [0.15, 0.2) is 0 Å². The van der Waals surface area contributed by atoms with Gasteiger partial charge in [-0.2, -0.15) is 0 Å². The van der Waals surface area contributed by atoms with Crippen molar-refractivity contribution in [2.75, 3.05) is 31.6 Å². The molecule has 0 aromatic heterocycles. The van der Waals surface area contributed by atoms with Gasteiger partial charge in [0.1, 0.15) is 11.7 Å². The Morgan fingerprint density at radius 2 is 2.05 bits per heavy atom. The number of benzene rings is 1. The fourth-order valence-corrected chi connectivity index (χ4v) is 2.36. The molecule has 5 heteroatoms. The summed E-state index contributed by atoms with van der Waals surface area (Å²) in [5.41, 5.74) is 1.69. The fraction of sp³-hybridized carbons (Fsp3) is 0.588. The van der Waals surface area contributed by atoms with Gasteiger partial charge in [0, 0.05) is 18.8 Å². The number of anilines is 1. The summed E-state index contributed by atoms with van der Waals surface area (Å²) in [7, 11) is 0. The molecule has 1 aromatic carbocycles. The molecule has 1 N–H and O–H groups in total. The Kier molecular flexibility index (Phi) is 5.29. The molecule has 122 valence electrons. The normalized spacial score (nSPS) is 18.9. The molecule has 1 amide bonds. The quantitative estimate of drug-likeness (QED) is 0.929. The Balaban J connectivity index is 1.99. The van der Waals surface area contributed by atoms with Crippen LogP contribution in [0.5, 0.6) is 0 Å². The molecule has 1 aliphatic rings. The lowest BCUT2D eigenvalue weighted by Gasteiger charge is -2.34. The first-order chi connectivity index (χ1) is 10.4. The minimum absolute atomic E-state index is 0.100. The number of amides is 1. The number of nitrogens with one attached hydrogen (secondary N) is 1. The highest BCUT2D eigenvalue weighted by atomic mass is 16.6. The highest BCUT2D eigenvalue weighted by Crippen LogP contribution is 2.24. The maximum absolute atomic E-state index is 12.2. The van der Waals surface area contributed by atoms with Crippen LogP contribution in [0, 0.1) is 0 Å². The lowest BCUT2D eigenvalue weighted by molar-refractivity contribution is -0.0432. The predicted octanol–water partition coefficient (Wildman–Crippen LogP) is 3.43. The first-order valence-electron chi connectivity index (χ1n) is 7.82. The summed E-state index contributed by atoms with van der Waals surface area (Å²) in [5.74, 6) is 0. The number of morpholine rings is 1. The SMILES string of the molecule is CCNc1ccc([C@H]2CN(C(=O)OC(C)(C)C)CCO2)cc1. The number of carbonyl (C=O) groups is 1. The third-order valence-corrected chi connectivity index (χ3v) is 3.38. The van der Waals surface area contributed by atoms with Crippen molar-refractivity contribution in [2.24, 2.45) is 0 Å². The molecule has 1 fully saturated rings. The molecule has 22 heavy (non-hydrogen) atoms. The molecular formula is C17H26N2O3. The number of hydrogen-bond acceptors (Lipinski definition) is 4. The Bertz CT molecular complexity index is 494. The van der Waals surface area contributed by atoms with Crippen molar-refractivity contribution in [3.63, 3.8) is 0 Å². The van der Waals surface area contributed by atoms with E-state index in [0.29, 0.717) is 19.7 Å². The summed E-state index contributed by atoms with van der Waals surface area (Å²) in [5, 5.41) is 3.27. The number of hydrogen-bond donors (Lipinski definition) is 1. The second-order valence-corrected chi connectivity index (χ2v) is 6.44. The van der Waals surface area contributed by atoms with Crippen LogP contribution in [-0.4, -0.2) is 42.8 Å². The third kappa shape index (κ3) is 4.63. The predicted molar refractivity (Wildman–Crippen MR) is 87.1 cm³/mol. The van der Waals surface area contributed by atoms with E-state index in [-0.39, 0.29) is 12.2 Å². The van der Waals surface area contributed by atoms with Crippen LogP contribution in [0.1, 0.15) is 39.4 Å². The molecular weight excluding hydrogens is 280 g/mol. The first kappa shape index (κ1) is 16.6. The van der Waals surface area contributed by atoms with Gasteiger partial charge in [0.2, 0.25) is 0 Å². The molecule has 0 bridgehead atoms. The van der Waals surface area contributed by atoms with Crippen molar-refractivity contribution < 1.29 is 14.3 Å². The zero-order valence-corrected chi connectivity index (χ0v) is 13.9. The topological polar surface area (TPSA) is 50.8 Å². The van der Waals surface area contributed by atoms with Crippen LogP contribution in [0.3, 0.4) is 0 Å². The van der Waals surface area contributed by atoms with E-state index < -0.39 is 5.60 Å².